The Balaban J connectivity index is 1.90. The van der Waals surface area contributed by atoms with Crippen LogP contribution in [0.25, 0.3) is 0 Å². The van der Waals surface area contributed by atoms with Crippen molar-refractivity contribution in [2.24, 2.45) is 5.92 Å². The van der Waals surface area contributed by atoms with Crippen molar-refractivity contribution >= 4 is 21.4 Å². The zero-order valence-electron chi connectivity index (χ0n) is 13.7. The lowest BCUT2D eigenvalue weighted by atomic mass is 10.0. The van der Waals surface area contributed by atoms with E-state index in [9.17, 15) is 13.2 Å². The maximum absolute atomic E-state index is 12.7. The van der Waals surface area contributed by atoms with Gasteiger partial charge in [-0.3, -0.25) is 9.69 Å². The number of amides is 1. The first-order valence-electron chi connectivity index (χ1n) is 8.19. The van der Waals surface area contributed by atoms with Gasteiger partial charge in [-0.05, 0) is 31.0 Å². The Hall–Kier alpha value is -1.40. The SMILES string of the molecule is CC(C)CCN1CC(=O)N(c2ccccc2)[C@@H]2CS(=O)(=O)C[C@H]21. The van der Waals surface area contributed by atoms with Gasteiger partial charge >= 0.3 is 0 Å². The zero-order valence-corrected chi connectivity index (χ0v) is 14.5. The van der Waals surface area contributed by atoms with E-state index in [0.717, 1.165) is 18.7 Å². The molecule has 0 N–H and O–H groups in total. The molecule has 0 unspecified atom stereocenters. The highest BCUT2D eigenvalue weighted by atomic mass is 32.2. The largest absolute Gasteiger partial charge is 0.306 e. The fraction of sp³-hybridized carbons (Fsp3) is 0.588. The maximum atomic E-state index is 12.7. The van der Waals surface area contributed by atoms with Gasteiger partial charge in [0.25, 0.3) is 0 Å². The lowest BCUT2D eigenvalue weighted by Gasteiger charge is -2.43. The average molecular weight is 336 g/mol. The standard InChI is InChI=1S/C17H24N2O3S/c1-13(2)8-9-18-10-17(20)19(14-6-4-3-5-7-14)16-12-23(21,22)11-15(16)18/h3-7,13,15-16H,8-12H2,1-2H3/t15-,16-/m1/s1. The van der Waals surface area contributed by atoms with Crippen molar-refractivity contribution in [2.45, 2.75) is 32.4 Å². The minimum Gasteiger partial charge on any atom is -0.306 e. The molecule has 2 saturated heterocycles. The fourth-order valence-electron chi connectivity index (χ4n) is 3.55. The van der Waals surface area contributed by atoms with Crippen molar-refractivity contribution in [3.63, 3.8) is 0 Å². The molecule has 0 aliphatic carbocycles. The minimum atomic E-state index is -3.10. The van der Waals surface area contributed by atoms with Crippen molar-refractivity contribution in [1.29, 1.82) is 0 Å². The number of sulfone groups is 1. The van der Waals surface area contributed by atoms with Crippen LogP contribution in [0.3, 0.4) is 0 Å². The van der Waals surface area contributed by atoms with E-state index in [-0.39, 0.29) is 29.5 Å². The summed E-state index contributed by atoms with van der Waals surface area (Å²) in [6.45, 7) is 5.37. The average Bonchev–Trinajstić information content (AvgIpc) is 2.80. The number of anilines is 1. The van der Waals surface area contributed by atoms with Crippen LogP contribution in [0.1, 0.15) is 20.3 Å². The molecule has 2 fully saturated rings. The fourth-order valence-corrected chi connectivity index (χ4v) is 5.53. The molecule has 23 heavy (non-hydrogen) atoms. The summed E-state index contributed by atoms with van der Waals surface area (Å²) in [5.41, 5.74) is 0.799. The first-order valence-corrected chi connectivity index (χ1v) is 10.0. The van der Waals surface area contributed by atoms with Crippen molar-refractivity contribution in [3.8, 4) is 0 Å². The Bertz CT molecular complexity index is 672. The van der Waals surface area contributed by atoms with Crippen molar-refractivity contribution in [3.05, 3.63) is 30.3 Å². The number of carbonyl (C=O) groups excluding carboxylic acids is 1. The van der Waals surface area contributed by atoms with Crippen LogP contribution in [0.5, 0.6) is 0 Å². The molecule has 2 aliphatic heterocycles. The second kappa shape index (κ2) is 6.24. The van der Waals surface area contributed by atoms with E-state index in [1.165, 1.54) is 0 Å². The second-order valence-corrected chi connectivity index (χ2v) is 9.12. The number of piperazine rings is 1. The summed E-state index contributed by atoms with van der Waals surface area (Å²) in [6.07, 6.45) is 0.974. The molecular weight excluding hydrogens is 312 g/mol. The van der Waals surface area contributed by atoms with Crippen molar-refractivity contribution in [2.75, 3.05) is 29.5 Å². The van der Waals surface area contributed by atoms with Gasteiger partial charge in [-0.2, -0.15) is 0 Å². The molecule has 0 bridgehead atoms. The van der Waals surface area contributed by atoms with E-state index >= 15 is 0 Å². The number of carbonyl (C=O) groups is 1. The van der Waals surface area contributed by atoms with Crippen molar-refractivity contribution < 1.29 is 13.2 Å². The van der Waals surface area contributed by atoms with Gasteiger partial charge in [0.2, 0.25) is 5.91 Å². The molecule has 1 aromatic carbocycles. The van der Waals surface area contributed by atoms with E-state index in [1.54, 1.807) is 4.90 Å². The zero-order chi connectivity index (χ0) is 16.6. The quantitative estimate of drug-likeness (QED) is 0.837. The molecule has 6 heteroatoms. The highest BCUT2D eigenvalue weighted by molar-refractivity contribution is 7.91. The van der Waals surface area contributed by atoms with Crippen LogP contribution in [0, 0.1) is 5.92 Å². The molecule has 3 rings (SSSR count). The third kappa shape index (κ3) is 3.43. The molecule has 0 saturated carbocycles. The van der Waals surface area contributed by atoms with Gasteiger partial charge in [-0.15, -0.1) is 0 Å². The molecule has 5 nitrogen and oxygen atoms in total. The first kappa shape index (κ1) is 16.5. The number of hydrogen-bond donors (Lipinski definition) is 0. The highest BCUT2D eigenvalue weighted by Gasteiger charge is 2.49. The summed E-state index contributed by atoms with van der Waals surface area (Å²) >= 11 is 0. The van der Waals surface area contributed by atoms with Gasteiger partial charge in [0.05, 0.1) is 24.1 Å². The minimum absolute atomic E-state index is 0.00157. The third-order valence-electron chi connectivity index (χ3n) is 4.73. The monoisotopic (exact) mass is 336 g/mol. The lowest BCUT2D eigenvalue weighted by Crippen LogP contribution is -2.62. The molecule has 1 aromatic rings. The van der Waals surface area contributed by atoms with Crippen LogP contribution in [0.4, 0.5) is 5.69 Å². The Morgan fingerprint density at radius 2 is 1.78 bits per heavy atom. The molecule has 2 heterocycles. The Morgan fingerprint density at radius 1 is 1.13 bits per heavy atom. The van der Waals surface area contributed by atoms with E-state index in [2.05, 4.69) is 18.7 Å². The lowest BCUT2D eigenvalue weighted by molar-refractivity contribution is -0.123. The first-order chi connectivity index (χ1) is 10.9. The summed E-state index contributed by atoms with van der Waals surface area (Å²) in [5.74, 6) is 0.759. The van der Waals surface area contributed by atoms with Gasteiger partial charge in [0.15, 0.2) is 9.84 Å². The van der Waals surface area contributed by atoms with Crippen LogP contribution >= 0.6 is 0 Å². The maximum Gasteiger partial charge on any atom is 0.241 e. The predicted octanol–water partition coefficient (Wildman–Crippen LogP) is 1.55. The number of rotatable bonds is 4. The molecule has 2 atom stereocenters. The third-order valence-corrected chi connectivity index (χ3v) is 6.43. The molecule has 126 valence electrons. The Morgan fingerprint density at radius 3 is 2.43 bits per heavy atom. The topological polar surface area (TPSA) is 57.7 Å². The van der Waals surface area contributed by atoms with Gasteiger partial charge in [-0.1, -0.05) is 32.0 Å². The molecule has 0 aromatic heterocycles. The number of hydrogen-bond acceptors (Lipinski definition) is 4. The predicted molar refractivity (Wildman–Crippen MR) is 91.2 cm³/mol. The highest BCUT2D eigenvalue weighted by Crippen LogP contribution is 2.31. The van der Waals surface area contributed by atoms with E-state index < -0.39 is 9.84 Å². The van der Waals surface area contributed by atoms with E-state index in [0.29, 0.717) is 12.5 Å². The van der Waals surface area contributed by atoms with Gasteiger partial charge < -0.3 is 4.90 Å². The summed E-state index contributed by atoms with van der Waals surface area (Å²) in [7, 11) is -3.10. The molecule has 0 spiro atoms. The number of para-hydroxylation sites is 1. The smallest absolute Gasteiger partial charge is 0.241 e. The van der Waals surface area contributed by atoms with E-state index in [1.807, 2.05) is 30.3 Å². The molecule has 2 aliphatic rings. The summed E-state index contributed by atoms with van der Waals surface area (Å²) in [5, 5.41) is 0. The second-order valence-electron chi connectivity index (χ2n) is 6.96. The van der Waals surface area contributed by atoms with Crippen LogP contribution in [0.2, 0.25) is 0 Å². The normalized spacial score (nSPS) is 27.4. The van der Waals surface area contributed by atoms with Gasteiger partial charge in [0, 0.05) is 11.7 Å². The Labute approximate surface area is 138 Å². The molecule has 1 amide bonds. The molecule has 0 radical (unpaired) electrons. The van der Waals surface area contributed by atoms with Crippen molar-refractivity contribution in [1.82, 2.24) is 4.90 Å². The van der Waals surface area contributed by atoms with E-state index in [4.69, 9.17) is 0 Å². The Kier molecular flexibility index (Phi) is 4.47. The van der Waals surface area contributed by atoms with Gasteiger partial charge in [0.1, 0.15) is 0 Å². The summed E-state index contributed by atoms with van der Waals surface area (Å²) in [4.78, 5) is 16.5. The van der Waals surface area contributed by atoms with Crippen LogP contribution in [-0.4, -0.2) is 55.9 Å². The van der Waals surface area contributed by atoms with Crippen LogP contribution in [-0.2, 0) is 14.6 Å². The number of fused-ring (bicyclic) bond motifs is 1. The van der Waals surface area contributed by atoms with Crippen LogP contribution < -0.4 is 4.90 Å². The number of nitrogens with zero attached hydrogens (tertiary/aromatic N) is 2. The van der Waals surface area contributed by atoms with Gasteiger partial charge in [-0.25, -0.2) is 8.42 Å². The number of benzene rings is 1. The summed E-state index contributed by atoms with van der Waals surface area (Å²) in [6, 6.07) is 9.06. The molecular formula is C17H24N2O3S. The van der Waals surface area contributed by atoms with Crippen LogP contribution in [0.15, 0.2) is 30.3 Å². The summed E-state index contributed by atoms with van der Waals surface area (Å²) < 4.78 is 24.4.